The minimum absolute atomic E-state index is 0.00326. The SMILES string of the molecule is Cc1cnc(CCN(C)C2CCCN(Cc3ccccc3)C2=O)s1. The highest BCUT2D eigenvalue weighted by Gasteiger charge is 2.31. The predicted octanol–water partition coefficient (Wildman–Crippen LogP) is 3.12. The third-order valence-electron chi connectivity index (χ3n) is 4.60. The molecule has 1 aliphatic rings. The summed E-state index contributed by atoms with van der Waals surface area (Å²) >= 11 is 1.75. The number of rotatable bonds is 6. The fourth-order valence-corrected chi connectivity index (χ4v) is 4.01. The van der Waals surface area contributed by atoms with E-state index in [0.29, 0.717) is 0 Å². The minimum Gasteiger partial charge on any atom is -0.337 e. The zero-order valence-corrected chi connectivity index (χ0v) is 15.3. The molecular weight excluding hydrogens is 318 g/mol. The van der Waals surface area contributed by atoms with Crippen LogP contribution in [0.5, 0.6) is 0 Å². The fourth-order valence-electron chi connectivity index (χ4n) is 3.23. The van der Waals surface area contributed by atoms with Crippen LogP contribution in [0.25, 0.3) is 0 Å². The number of likely N-dealkylation sites (tertiary alicyclic amines) is 1. The number of nitrogens with zero attached hydrogens (tertiary/aromatic N) is 3. The molecule has 2 heterocycles. The third kappa shape index (κ3) is 4.22. The minimum atomic E-state index is 0.00326. The fraction of sp³-hybridized carbons (Fsp3) is 0.474. The summed E-state index contributed by atoms with van der Waals surface area (Å²) in [7, 11) is 2.06. The first-order valence-electron chi connectivity index (χ1n) is 8.58. The maximum absolute atomic E-state index is 12.9. The molecule has 1 saturated heterocycles. The Labute approximate surface area is 148 Å². The van der Waals surface area contributed by atoms with E-state index in [1.165, 1.54) is 10.4 Å². The van der Waals surface area contributed by atoms with Crippen LogP contribution in [-0.4, -0.2) is 46.9 Å². The standard InChI is InChI=1S/C19H25N3OS/c1-15-13-20-18(24-15)10-12-21(2)17-9-6-11-22(19(17)23)14-16-7-4-3-5-8-16/h3-5,7-8,13,17H,6,9-12,14H2,1-2H3. The number of piperidine rings is 1. The van der Waals surface area contributed by atoms with Gasteiger partial charge < -0.3 is 4.90 Å². The number of aryl methyl sites for hydroxylation is 1. The number of aromatic nitrogens is 1. The summed E-state index contributed by atoms with van der Waals surface area (Å²) in [6.07, 6.45) is 4.87. The van der Waals surface area contributed by atoms with E-state index in [9.17, 15) is 4.79 Å². The quantitative estimate of drug-likeness (QED) is 0.808. The van der Waals surface area contributed by atoms with Gasteiger partial charge in [0.15, 0.2) is 0 Å². The van der Waals surface area contributed by atoms with Crippen LogP contribution in [0.2, 0.25) is 0 Å². The molecule has 3 rings (SSSR count). The normalized spacial score (nSPS) is 18.4. The Bertz CT molecular complexity index is 670. The van der Waals surface area contributed by atoms with Crippen LogP contribution in [0.3, 0.4) is 0 Å². The van der Waals surface area contributed by atoms with Gasteiger partial charge in [0, 0.05) is 37.1 Å². The highest BCUT2D eigenvalue weighted by atomic mass is 32.1. The van der Waals surface area contributed by atoms with Crippen molar-refractivity contribution in [2.75, 3.05) is 20.1 Å². The van der Waals surface area contributed by atoms with Gasteiger partial charge in [0.1, 0.15) is 0 Å². The summed E-state index contributed by atoms with van der Waals surface area (Å²) in [5.41, 5.74) is 1.20. The van der Waals surface area contributed by atoms with Gasteiger partial charge in [-0.1, -0.05) is 30.3 Å². The van der Waals surface area contributed by atoms with Crippen molar-refractivity contribution in [1.82, 2.24) is 14.8 Å². The van der Waals surface area contributed by atoms with E-state index < -0.39 is 0 Å². The molecule has 0 N–H and O–H groups in total. The van der Waals surface area contributed by atoms with Gasteiger partial charge in [0.2, 0.25) is 5.91 Å². The predicted molar refractivity (Wildman–Crippen MR) is 98.1 cm³/mol. The molecule has 4 nitrogen and oxygen atoms in total. The van der Waals surface area contributed by atoms with Crippen LogP contribution in [-0.2, 0) is 17.8 Å². The lowest BCUT2D eigenvalue weighted by molar-refractivity contribution is -0.140. The number of thiazole rings is 1. The molecule has 24 heavy (non-hydrogen) atoms. The average molecular weight is 343 g/mol. The lowest BCUT2D eigenvalue weighted by Gasteiger charge is -2.36. The van der Waals surface area contributed by atoms with Crippen molar-refractivity contribution in [3.63, 3.8) is 0 Å². The number of hydrogen-bond acceptors (Lipinski definition) is 4. The molecule has 1 amide bonds. The molecule has 0 spiro atoms. The van der Waals surface area contributed by atoms with E-state index in [-0.39, 0.29) is 11.9 Å². The number of hydrogen-bond donors (Lipinski definition) is 0. The van der Waals surface area contributed by atoms with Crippen molar-refractivity contribution in [3.05, 3.63) is 52.0 Å². The molecule has 128 valence electrons. The molecule has 1 aliphatic heterocycles. The number of carbonyl (C=O) groups is 1. The van der Waals surface area contributed by atoms with E-state index in [1.54, 1.807) is 11.3 Å². The summed E-state index contributed by atoms with van der Waals surface area (Å²) in [6, 6.07) is 10.3. The summed E-state index contributed by atoms with van der Waals surface area (Å²) in [5, 5.41) is 1.16. The molecule has 1 fully saturated rings. The Kier molecular flexibility index (Phi) is 5.63. The Morgan fingerprint density at radius 3 is 2.83 bits per heavy atom. The third-order valence-corrected chi connectivity index (χ3v) is 5.57. The molecule has 1 unspecified atom stereocenters. The van der Waals surface area contributed by atoms with E-state index in [1.807, 2.05) is 29.3 Å². The van der Waals surface area contributed by atoms with Gasteiger partial charge in [-0.25, -0.2) is 4.98 Å². The van der Waals surface area contributed by atoms with Crippen LogP contribution in [0.4, 0.5) is 0 Å². The second-order valence-electron chi connectivity index (χ2n) is 6.50. The lowest BCUT2D eigenvalue weighted by atomic mass is 10.0. The van der Waals surface area contributed by atoms with Crippen molar-refractivity contribution in [3.8, 4) is 0 Å². The molecule has 1 aromatic carbocycles. The van der Waals surface area contributed by atoms with Crippen molar-refractivity contribution < 1.29 is 4.79 Å². The van der Waals surface area contributed by atoms with Crippen LogP contribution in [0, 0.1) is 6.92 Å². The topological polar surface area (TPSA) is 36.4 Å². The molecule has 1 aromatic heterocycles. The molecule has 0 aliphatic carbocycles. The van der Waals surface area contributed by atoms with Gasteiger partial charge in [-0.2, -0.15) is 0 Å². The van der Waals surface area contributed by atoms with Gasteiger partial charge >= 0.3 is 0 Å². The van der Waals surface area contributed by atoms with E-state index in [4.69, 9.17) is 0 Å². The molecule has 0 radical (unpaired) electrons. The number of benzene rings is 1. The smallest absolute Gasteiger partial charge is 0.240 e. The largest absolute Gasteiger partial charge is 0.337 e. The number of likely N-dealkylation sites (N-methyl/N-ethyl adjacent to an activating group) is 1. The first-order valence-corrected chi connectivity index (χ1v) is 9.39. The first-order chi connectivity index (χ1) is 11.6. The molecule has 2 aromatic rings. The second-order valence-corrected chi connectivity index (χ2v) is 7.82. The Hall–Kier alpha value is -1.72. The summed E-state index contributed by atoms with van der Waals surface area (Å²) in [6.45, 7) is 4.54. The Morgan fingerprint density at radius 2 is 2.12 bits per heavy atom. The summed E-state index contributed by atoms with van der Waals surface area (Å²) in [4.78, 5) is 22.7. The van der Waals surface area contributed by atoms with Gasteiger partial charge in [0.25, 0.3) is 0 Å². The lowest BCUT2D eigenvalue weighted by Crippen LogP contribution is -2.51. The Balaban J connectivity index is 1.57. The van der Waals surface area contributed by atoms with Gasteiger partial charge in [0.05, 0.1) is 11.0 Å². The van der Waals surface area contributed by atoms with Crippen LogP contribution in [0.15, 0.2) is 36.5 Å². The number of carbonyl (C=O) groups excluding carboxylic acids is 1. The molecular formula is C19H25N3OS. The van der Waals surface area contributed by atoms with Crippen molar-refractivity contribution >= 4 is 17.2 Å². The van der Waals surface area contributed by atoms with Crippen molar-refractivity contribution in [2.24, 2.45) is 0 Å². The van der Waals surface area contributed by atoms with Crippen LogP contribution < -0.4 is 0 Å². The monoisotopic (exact) mass is 343 g/mol. The van der Waals surface area contributed by atoms with Crippen LogP contribution >= 0.6 is 11.3 Å². The average Bonchev–Trinajstić information content (AvgIpc) is 3.01. The highest BCUT2D eigenvalue weighted by Crippen LogP contribution is 2.20. The van der Waals surface area contributed by atoms with E-state index in [0.717, 1.165) is 43.9 Å². The Morgan fingerprint density at radius 1 is 1.33 bits per heavy atom. The van der Waals surface area contributed by atoms with E-state index >= 15 is 0 Å². The van der Waals surface area contributed by atoms with Crippen molar-refractivity contribution in [1.29, 1.82) is 0 Å². The molecule has 0 saturated carbocycles. The van der Waals surface area contributed by atoms with Gasteiger partial charge in [-0.05, 0) is 32.4 Å². The van der Waals surface area contributed by atoms with E-state index in [2.05, 4.69) is 36.0 Å². The second kappa shape index (κ2) is 7.90. The molecule has 5 heteroatoms. The first kappa shape index (κ1) is 17.1. The molecule has 1 atom stereocenters. The maximum atomic E-state index is 12.9. The van der Waals surface area contributed by atoms with Gasteiger partial charge in [-0.15, -0.1) is 11.3 Å². The zero-order chi connectivity index (χ0) is 16.9. The van der Waals surface area contributed by atoms with Crippen LogP contribution in [0.1, 0.15) is 28.3 Å². The maximum Gasteiger partial charge on any atom is 0.240 e. The molecule has 0 bridgehead atoms. The zero-order valence-electron chi connectivity index (χ0n) is 14.4. The highest BCUT2D eigenvalue weighted by molar-refractivity contribution is 7.11. The van der Waals surface area contributed by atoms with Crippen molar-refractivity contribution in [2.45, 2.75) is 38.8 Å². The summed E-state index contributed by atoms with van der Waals surface area (Å²) in [5.74, 6) is 0.267. The number of amides is 1. The van der Waals surface area contributed by atoms with Gasteiger partial charge in [-0.3, -0.25) is 9.69 Å². The summed E-state index contributed by atoms with van der Waals surface area (Å²) < 4.78 is 0.